The molecule has 1 heterocycles. The lowest BCUT2D eigenvalue weighted by Gasteiger charge is -2.13. The molecule has 2 N–H and O–H groups in total. The normalized spacial score (nSPS) is 12.9. The monoisotopic (exact) mass is 293 g/mol. The minimum atomic E-state index is -4.33. The molecule has 6 heteroatoms. The Morgan fingerprint density at radius 3 is 2.39 bits per heavy atom. The Balaban J connectivity index is 0.00000162. The van der Waals surface area contributed by atoms with Crippen molar-refractivity contribution in [1.82, 2.24) is 0 Å². The van der Waals surface area contributed by atoms with Crippen molar-refractivity contribution in [2.45, 2.75) is 12.2 Å². The molecule has 0 saturated heterocycles. The molecule has 0 radical (unpaired) electrons. The summed E-state index contributed by atoms with van der Waals surface area (Å²) in [6.07, 6.45) is -4.33. The van der Waals surface area contributed by atoms with Crippen LogP contribution in [0.15, 0.2) is 41.8 Å². The van der Waals surface area contributed by atoms with E-state index in [4.69, 9.17) is 5.73 Å². The van der Waals surface area contributed by atoms with Crippen molar-refractivity contribution in [2.24, 2.45) is 5.73 Å². The lowest BCUT2D eigenvalue weighted by molar-refractivity contribution is -0.137. The molecule has 0 spiro atoms. The fourth-order valence-electron chi connectivity index (χ4n) is 1.54. The molecule has 0 aliphatic rings. The van der Waals surface area contributed by atoms with Gasteiger partial charge in [-0.3, -0.25) is 0 Å². The third-order valence-corrected chi connectivity index (χ3v) is 3.38. The molecule has 2 rings (SSSR count). The van der Waals surface area contributed by atoms with E-state index >= 15 is 0 Å². The van der Waals surface area contributed by atoms with Gasteiger partial charge in [-0.05, 0) is 29.1 Å². The van der Waals surface area contributed by atoms with Crippen LogP contribution in [0.25, 0.3) is 0 Å². The molecular weight excluding hydrogens is 283 g/mol. The van der Waals surface area contributed by atoms with E-state index in [0.29, 0.717) is 5.56 Å². The van der Waals surface area contributed by atoms with Crippen LogP contribution < -0.4 is 5.73 Å². The summed E-state index contributed by atoms with van der Waals surface area (Å²) in [6.45, 7) is 0. The molecule has 18 heavy (non-hydrogen) atoms. The summed E-state index contributed by atoms with van der Waals surface area (Å²) >= 11 is 1.43. The van der Waals surface area contributed by atoms with Crippen molar-refractivity contribution < 1.29 is 13.2 Å². The van der Waals surface area contributed by atoms with Gasteiger partial charge in [-0.25, -0.2) is 0 Å². The van der Waals surface area contributed by atoms with Crippen LogP contribution in [0.3, 0.4) is 0 Å². The SMILES string of the molecule is Cl.N[C@@H](c1cccc(C(F)(F)F)c1)c1cccs1. The molecule has 0 amide bonds. The molecular formula is C12H11ClF3NS. The number of alkyl halides is 3. The predicted octanol–water partition coefficient (Wildman–Crippen LogP) is 4.24. The Morgan fingerprint density at radius 2 is 1.83 bits per heavy atom. The Hall–Kier alpha value is -1.04. The molecule has 1 nitrogen and oxygen atoms in total. The molecule has 0 aliphatic heterocycles. The molecule has 1 atom stereocenters. The minimum absolute atomic E-state index is 0. The summed E-state index contributed by atoms with van der Waals surface area (Å²) in [5.41, 5.74) is 5.73. The van der Waals surface area contributed by atoms with Crippen molar-refractivity contribution in [1.29, 1.82) is 0 Å². The number of halogens is 4. The Kier molecular flexibility index (Phi) is 4.78. The molecule has 98 valence electrons. The molecule has 0 aliphatic carbocycles. The Labute approximate surface area is 113 Å². The van der Waals surface area contributed by atoms with Crippen molar-refractivity contribution in [3.05, 3.63) is 57.8 Å². The summed E-state index contributed by atoms with van der Waals surface area (Å²) < 4.78 is 37.6. The maximum atomic E-state index is 12.5. The molecule has 0 fully saturated rings. The molecule has 2 aromatic rings. The van der Waals surface area contributed by atoms with E-state index in [0.717, 1.165) is 17.0 Å². The van der Waals surface area contributed by atoms with Gasteiger partial charge < -0.3 is 5.73 Å². The first-order chi connectivity index (χ1) is 7.98. The van der Waals surface area contributed by atoms with Gasteiger partial charge in [0.15, 0.2) is 0 Å². The number of rotatable bonds is 2. The zero-order valence-electron chi connectivity index (χ0n) is 9.15. The van der Waals surface area contributed by atoms with E-state index in [-0.39, 0.29) is 12.4 Å². The quantitative estimate of drug-likeness (QED) is 0.881. The largest absolute Gasteiger partial charge is 0.416 e. The average Bonchev–Trinajstić information content (AvgIpc) is 2.80. The minimum Gasteiger partial charge on any atom is -0.320 e. The first-order valence-electron chi connectivity index (χ1n) is 4.94. The summed E-state index contributed by atoms with van der Waals surface area (Å²) in [5, 5.41) is 1.85. The fraction of sp³-hybridized carbons (Fsp3) is 0.167. The number of hydrogen-bond acceptors (Lipinski definition) is 2. The lowest BCUT2D eigenvalue weighted by atomic mass is 10.0. The van der Waals surface area contributed by atoms with Gasteiger partial charge in [-0.2, -0.15) is 13.2 Å². The van der Waals surface area contributed by atoms with Gasteiger partial charge in [-0.1, -0.05) is 18.2 Å². The highest BCUT2D eigenvalue weighted by Crippen LogP contribution is 2.32. The third-order valence-electron chi connectivity index (χ3n) is 2.42. The Morgan fingerprint density at radius 1 is 1.11 bits per heavy atom. The van der Waals surface area contributed by atoms with Crippen molar-refractivity contribution in [2.75, 3.05) is 0 Å². The van der Waals surface area contributed by atoms with Gasteiger partial charge in [0.2, 0.25) is 0 Å². The zero-order chi connectivity index (χ0) is 12.5. The molecule has 0 bridgehead atoms. The molecule has 1 aromatic heterocycles. The Bertz CT molecular complexity index is 496. The van der Waals surface area contributed by atoms with Crippen LogP contribution in [-0.4, -0.2) is 0 Å². The second kappa shape index (κ2) is 5.73. The van der Waals surface area contributed by atoms with Crippen LogP contribution in [0.1, 0.15) is 22.0 Å². The zero-order valence-corrected chi connectivity index (χ0v) is 10.8. The first kappa shape index (κ1) is 15.0. The number of benzene rings is 1. The first-order valence-corrected chi connectivity index (χ1v) is 5.82. The van der Waals surface area contributed by atoms with Crippen LogP contribution in [0.4, 0.5) is 13.2 Å². The highest BCUT2D eigenvalue weighted by atomic mass is 35.5. The van der Waals surface area contributed by atoms with Crippen LogP contribution in [-0.2, 0) is 6.18 Å². The number of nitrogens with two attached hydrogens (primary N) is 1. The lowest BCUT2D eigenvalue weighted by Crippen LogP contribution is -2.12. The highest BCUT2D eigenvalue weighted by Gasteiger charge is 2.30. The fourth-order valence-corrected chi connectivity index (χ4v) is 2.30. The van der Waals surface area contributed by atoms with E-state index in [1.54, 1.807) is 6.07 Å². The van der Waals surface area contributed by atoms with Crippen LogP contribution in [0.5, 0.6) is 0 Å². The summed E-state index contributed by atoms with van der Waals surface area (Å²) in [7, 11) is 0. The standard InChI is InChI=1S/C12H10F3NS.ClH/c13-12(14,15)9-4-1-3-8(7-9)11(16)10-5-2-6-17-10;/h1-7,11H,16H2;1H/t11-;/m0./s1. The van der Waals surface area contributed by atoms with Crippen molar-refractivity contribution in [3.8, 4) is 0 Å². The number of thiophene rings is 1. The maximum absolute atomic E-state index is 12.5. The van der Waals surface area contributed by atoms with Gasteiger partial charge in [0, 0.05) is 4.88 Å². The van der Waals surface area contributed by atoms with E-state index in [1.165, 1.54) is 17.4 Å². The van der Waals surface area contributed by atoms with Gasteiger partial charge in [-0.15, -0.1) is 23.7 Å². The van der Waals surface area contributed by atoms with Crippen LogP contribution in [0.2, 0.25) is 0 Å². The van der Waals surface area contributed by atoms with Gasteiger partial charge in [0.1, 0.15) is 0 Å². The van der Waals surface area contributed by atoms with E-state index in [2.05, 4.69) is 0 Å². The summed E-state index contributed by atoms with van der Waals surface area (Å²) in [4.78, 5) is 0.851. The number of hydrogen-bond donors (Lipinski definition) is 1. The second-order valence-corrected chi connectivity index (χ2v) is 4.60. The van der Waals surface area contributed by atoms with E-state index in [1.807, 2.05) is 17.5 Å². The summed E-state index contributed by atoms with van der Waals surface area (Å²) in [5.74, 6) is 0. The van der Waals surface area contributed by atoms with Crippen LogP contribution >= 0.6 is 23.7 Å². The smallest absolute Gasteiger partial charge is 0.320 e. The van der Waals surface area contributed by atoms with Gasteiger partial charge >= 0.3 is 6.18 Å². The van der Waals surface area contributed by atoms with Crippen LogP contribution in [0, 0.1) is 0 Å². The predicted molar refractivity (Wildman–Crippen MR) is 69.0 cm³/mol. The molecule has 0 saturated carbocycles. The van der Waals surface area contributed by atoms with Gasteiger partial charge in [0.05, 0.1) is 11.6 Å². The summed E-state index contributed by atoms with van der Waals surface area (Å²) in [6, 6.07) is 8.28. The maximum Gasteiger partial charge on any atom is 0.416 e. The third kappa shape index (κ3) is 3.25. The molecule has 0 unspecified atom stereocenters. The van der Waals surface area contributed by atoms with E-state index < -0.39 is 17.8 Å². The van der Waals surface area contributed by atoms with Crippen molar-refractivity contribution >= 4 is 23.7 Å². The van der Waals surface area contributed by atoms with Crippen molar-refractivity contribution in [3.63, 3.8) is 0 Å². The molecule has 1 aromatic carbocycles. The second-order valence-electron chi connectivity index (χ2n) is 3.62. The topological polar surface area (TPSA) is 26.0 Å². The van der Waals surface area contributed by atoms with Gasteiger partial charge in [0.25, 0.3) is 0 Å². The van der Waals surface area contributed by atoms with E-state index in [9.17, 15) is 13.2 Å². The highest BCUT2D eigenvalue weighted by molar-refractivity contribution is 7.10. The average molecular weight is 294 g/mol.